The van der Waals surface area contributed by atoms with Gasteiger partial charge in [0.15, 0.2) is 0 Å². The van der Waals surface area contributed by atoms with Gasteiger partial charge < -0.3 is 14.7 Å². The van der Waals surface area contributed by atoms with Gasteiger partial charge in [0.25, 0.3) is 0 Å². The van der Waals surface area contributed by atoms with Crippen LogP contribution in [0.1, 0.15) is 0 Å². The van der Waals surface area contributed by atoms with Crippen molar-refractivity contribution >= 4 is 87.5 Å². The minimum absolute atomic E-state index is 0. The van der Waals surface area contributed by atoms with E-state index in [4.69, 9.17) is 20.1 Å². The average molecular weight is 734 g/mol. The summed E-state index contributed by atoms with van der Waals surface area (Å²) in [6, 6.07) is 0. The van der Waals surface area contributed by atoms with Crippen LogP contribution in [0.5, 0.6) is 0 Å². The van der Waals surface area contributed by atoms with Gasteiger partial charge in [0, 0.05) is 0 Å². The predicted molar refractivity (Wildman–Crippen MR) is 27.8 cm³/mol. The van der Waals surface area contributed by atoms with Gasteiger partial charge in [-0.3, -0.25) is 0 Å². The molecule has 0 aliphatic heterocycles. The molecule has 0 rings (SSSR count). The molecule has 0 saturated carbocycles. The van der Waals surface area contributed by atoms with E-state index in [1.807, 2.05) is 0 Å². The molecule has 0 aliphatic carbocycles. The van der Waals surface area contributed by atoms with Gasteiger partial charge in [-0.15, -0.1) is 0 Å². The van der Waals surface area contributed by atoms with Crippen molar-refractivity contribution in [3.05, 3.63) is 0 Å². The van der Waals surface area contributed by atoms with Gasteiger partial charge in [-0.05, 0) is 0 Å². The zero-order valence-electron chi connectivity index (χ0n) is 4.03. The molecule has 9 heavy (non-hydrogen) atoms. The Morgan fingerprint density at radius 2 is 1.11 bits per heavy atom. The van der Waals surface area contributed by atoms with E-state index in [9.17, 15) is 0 Å². The molecule has 5 nitrogen and oxygen atoms in total. The van der Waals surface area contributed by atoms with E-state index in [0.29, 0.717) is 0 Å². The van der Waals surface area contributed by atoms with E-state index >= 15 is 0 Å². The molecule has 0 aliphatic rings. The molecule has 9 heteroatoms. The number of hydrogen-bond acceptors (Lipinski definition) is 5. The van der Waals surface area contributed by atoms with Crippen molar-refractivity contribution in [2.75, 3.05) is 0 Å². The van der Waals surface area contributed by atoms with Crippen LogP contribution in [-0.2, 0) is 5.37 Å². The number of hydrogen-bond donors (Lipinski definition) is 1. The zero-order chi connectivity index (χ0) is 7.58. The molecule has 6 radical (unpaired) electrons. The maximum absolute atomic E-state index is 8.59. The van der Waals surface area contributed by atoms with Crippen molar-refractivity contribution in [2.45, 2.75) is 0 Å². The molecule has 48 valence electrons. The monoisotopic (exact) mass is 736 g/mol. The Bertz CT molecular complexity index is 28.6. The van der Waals surface area contributed by atoms with Gasteiger partial charge in [-0.2, -0.15) is 8.60 Å². The zero-order valence-corrected chi connectivity index (χ0v) is 16.6. The summed E-state index contributed by atoms with van der Waals surface area (Å²) in [6.07, 6.45) is 0. The third-order valence-electron chi connectivity index (χ3n) is 0. The van der Waals surface area contributed by atoms with E-state index in [-0.39, 0.29) is 78.9 Å². The summed E-state index contributed by atoms with van der Waals surface area (Å²) in [5, 5.41) is 0. The summed E-state index contributed by atoms with van der Waals surface area (Å²) in [5.74, 6) is 0. The minimum Gasteiger partial charge on any atom is 2.00 e. The fourth-order valence-corrected chi connectivity index (χ4v) is 0. The molecule has 0 aromatic rings. The first-order valence-corrected chi connectivity index (χ1v) is 5.28. The van der Waals surface area contributed by atoms with Crippen molar-refractivity contribution in [3.8, 4) is 0 Å². The van der Waals surface area contributed by atoms with Crippen LogP contribution in [0.3, 0.4) is 0 Å². The van der Waals surface area contributed by atoms with Gasteiger partial charge in [-0.25, -0.2) is 0 Å². The standard InChI is InChI=1S/HO3P.2O.3Pb/c1-4(2)3;;;;;/h1H;;;;;/q-2;;;;;+2. The molecule has 0 bridgehead atoms. The van der Waals surface area contributed by atoms with Crippen molar-refractivity contribution in [1.82, 2.24) is 0 Å². The van der Waals surface area contributed by atoms with E-state index in [0.717, 1.165) is 0 Å². The van der Waals surface area contributed by atoms with Crippen LogP contribution >= 0.6 is 8.60 Å². The molecular weight excluding hydrogens is 733 g/mol. The second-order valence-corrected chi connectivity index (χ2v) is 0.714. The summed E-state index contributed by atoms with van der Waals surface area (Å²) < 4.78 is 16.8. The maximum atomic E-state index is 8.59. The predicted octanol–water partition coefficient (Wildman–Crippen LogP) is -3.45. The second-order valence-electron chi connectivity index (χ2n) is 0.238. The van der Waals surface area contributed by atoms with Crippen LogP contribution < -0.4 is 9.79 Å². The van der Waals surface area contributed by atoms with Gasteiger partial charge >= 0.3 is 84.2 Å². The van der Waals surface area contributed by atoms with Gasteiger partial charge in [-0.1, -0.05) is 0 Å². The molecule has 0 spiro atoms. The number of rotatable bonds is 0. The third kappa shape index (κ3) is 112. The third-order valence-corrected chi connectivity index (χ3v) is 0. The molecule has 0 saturated heterocycles. The van der Waals surface area contributed by atoms with Crippen LogP contribution in [0.15, 0.2) is 0 Å². The van der Waals surface area contributed by atoms with E-state index < -0.39 is 8.60 Å². The van der Waals surface area contributed by atoms with E-state index in [1.165, 1.54) is 0 Å². The van der Waals surface area contributed by atoms with Gasteiger partial charge in [0.2, 0.25) is 0 Å². The smallest absolute Gasteiger partial charge is 2.00 e. The summed E-state index contributed by atoms with van der Waals surface area (Å²) in [7, 11) is -3.12. The van der Waals surface area contributed by atoms with Crippen LogP contribution in [0.2, 0.25) is 0 Å². The molecule has 0 unspecified atom stereocenters. The maximum Gasteiger partial charge on any atom is 2.00 e. The van der Waals surface area contributed by atoms with Gasteiger partial charge in [0.05, 0.1) is 0 Å². The molecule has 0 heterocycles. The Labute approximate surface area is 106 Å². The van der Waals surface area contributed by atoms with Gasteiger partial charge in [0.1, 0.15) is 0 Å². The Balaban J connectivity index is -0.0000000221. The molecular formula is HO5PPb3. The second kappa shape index (κ2) is 31.0. The fraction of sp³-hybridized carbons (Fsp3) is 0. The topological polar surface area (TPSA) is 100 Å². The molecule has 0 aromatic carbocycles. The quantitative estimate of drug-likeness (QED) is 0.207. The molecule has 0 atom stereocenters. The Hall–Kier alpha value is 2.68. The molecule has 1 N–H and O–H groups in total. The summed E-state index contributed by atoms with van der Waals surface area (Å²) in [4.78, 5) is 24.2. The first-order valence-electron chi connectivity index (χ1n) is 0.973. The first kappa shape index (κ1) is 22.6. The largest absolute Gasteiger partial charge is 2.00 e. The Morgan fingerprint density at radius 1 is 1.11 bits per heavy atom. The van der Waals surface area contributed by atoms with Crippen LogP contribution in [-0.4, -0.2) is 83.8 Å². The Morgan fingerprint density at radius 3 is 1.11 bits per heavy atom. The van der Waals surface area contributed by atoms with Crippen molar-refractivity contribution in [3.63, 3.8) is 0 Å². The van der Waals surface area contributed by atoms with E-state index in [2.05, 4.69) is 0 Å². The summed E-state index contributed by atoms with van der Waals surface area (Å²) in [6.45, 7) is 0. The minimum atomic E-state index is -3.12. The van der Waals surface area contributed by atoms with Crippen LogP contribution in [0.4, 0.5) is 0 Å². The SMILES string of the molecule is [O-]P([O-])O.[O]=[Pb].[O]=[Pb].[Pb+2]. The average Bonchev–Trinajstić information content (AvgIpc) is 1.75. The normalized spacial score (nSPS) is 4.89. The molecule has 0 amide bonds. The summed E-state index contributed by atoms with van der Waals surface area (Å²) in [5.41, 5.74) is 0. The Kier molecular flexibility index (Phi) is 77.9. The van der Waals surface area contributed by atoms with Crippen molar-refractivity contribution < 1.29 is 20.1 Å². The van der Waals surface area contributed by atoms with Crippen LogP contribution in [0.25, 0.3) is 0 Å². The molecule has 0 aromatic heterocycles. The van der Waals surface area contributed by atoms with E-state index in [1.54, 1.807) is 0 Å². The van der Waals surface area contributed by atoms with Crippen molar-refractivity contribution in [2.24, 2.45) is 0 Å². The molecule has 0 fully saturated rings. The summed E-state index contributed by atoms with van der Waals surface area (Å²) >= 11 is 0.111. The van der Waals surface area contributed by atoms with Crippen LogP contribution in [0, 0.1) is 0 Å². The fourth-order valence-electron chi connectivity index (χ4n) is 0. The van der Waals surface area contributed by atoms with Crippen molar-refractivity contribution in [1.29, 1.82) is 0 Å². The first-order chi connectivity index (χ1) is 3.73.